The second kappa shape index (κ2) is 15.3. The summed E-state index contributed by atoms with van der Waals surface area (Å²) in [7, 11) is 0. The highest BCUT2D eigenvalue weighted by atomic mass is 32.1. The van der Waals surface area contributed by atoms with Gasteiger partial charge in [0, 0.05) is 26.7 Å². The topological polar surface area (TPSA) is 3.24 Å². The quantitative estimate of drug-likeness (QED) is 0.148. The summed E-state index contributed by atoms with van der Waals surface area (Å²) in [5.74, 6) is 0. The number of fused-ring (bicyclic) bond motifs is 4. The average Bonchev–Trinajstić information content (AvgIpc) is 3.72. The van der Waals surface area contributed by atoms with Gasteiger partial charge in [-0.1, -0.05) is 194 Å². The molecule has 0 atom stereocenters. The molecular formula is C58H39NS. The maximum Gasteiger partial charge on any atom is 0.0640 e. The Morgan fingerprint density at radius 1 is 0.283 bits per heavy atom. The van der Waals surface area contributed by atoms with Crippen molar-refractivity contribution in [3.8, 4) is 55.6 Å². The molecule has 1 nitrogen and oxygen atoms in total. The molecule has 0 aliphatic heterocycles. The van der Waals surface area contributed by atoms with Crippen molar-refractivity contribution in [2.45, 2.75) is 0 Å². The zero-order valence-electron chi connectivity index (χ0n) is 32.9. The summed E-state index contributed by atoms with van der Waals surface area (Å²) in [4.78, 5) is 2.46. The molecule has 0 bridgehead atoms. The van der Waals surface area contributed by atoms with Crippen molar-refractivity contribution in [2.24, 2.45) is 0 Å². The Morgan fingerprint density at radius 3 is 1.60 bits per heavy atom. The summed E-state index contributed by atoms with van der Waals surface area (Å²) in [6.07, 6.45) is 0. The van der Waals surface area contributed by atoms with Crippen LogP contribution in [0.4, 0.5) is 17.1 Å². The number of rotatable bonds is 8. The summed E-state index contributed by atoms with van der Waals surface area (Å²) >= 11 is 1.87. The summed E-state index contributed by atoms with van der Waals surface area (Å²) in [5.41, 5.74) is 15.4. The van der Waals surface area contributed by atoms with Crippen LogP contribution in [-0.4, -0.2) is 0 Å². The third kappa shape index (κ3) is 6.54. The molecule has 282 valence electrons. The van der Waals surface area contributed by atoms with Gasteiger partial charge in [0.05, 0.1) is 16.1 Å². The second-order valence-electron chi connectivity index (χ2n) is 15.3. The highest BCUT2D eigenvalue weighted by molar-refractivity contribution is 7.26. The first-order valence-corrected chi connectivity index (χ1v) is 21.3. The Morgan fingerprint density at radius 2 is 0.800 bits per heavy atom. The minimum atomic E-state index is 1.11. The third-order valence-electron chi connectivity index (χ3n) is 11.7. The van der Waals surface area contributed by atoms with Crippen LogP contribution in [0.1, 0.15) is 0 Å². The van der Waals surface area contributed by atoms with Gasteiger partial charge in [-0.05, 0) is 103 Å². The molecule has 0 unspecified atom stereocenters. The van der Waals surface area contributed by atoms with E-state index in [-0.39, 0.29) is 0 Å². The van der Waals surface area contributed by atoms with Crippen molar-refractivity contribution in [2.75, 3.05) is 4.90 Å². The number of anilines is 3. The zero-order chi connectivity index (χ0) is 39.8. The lowest BCUT2D eigenvalue weighted by molar-refractivity contribution is 1.30. The summed E-state index contributed by atoms with van der Waals surface area (Å²) in [6, 6.07) is 86.1. The Balaban J connectivity index is 0.982. The van der Waals surface area contributed by atoms with Crippen LogP contribution in [0.2, 0.25) is 0 Å². The monoisotopic (exact) mass is 781 g/mol. The maximum atomic E-state index is 2.46. The lowest BCUT2D eigenvalue weighted by atomic mass is 9.93. The van der Waals surface area contributed by atoms with Gasteiger partial charge in [0.2, 0.25) is 0 Å². The van der Waals surface area contributed by atoms with E-state index in [0.29, 0.717) is 0 Å². The van der Waals surface area contributed by atoms with Gasteiger partial charge in [0.1, 0.15) is 0 Å². The number of thiophene rings is 1. The van der Waals surface area contributed by atoms with Crippen molar-refractivity contribution >= 4 is 59.3 Å². The van der Waals surface area contributed by atoms with E-state index < -0.39 is 0 Å². The second-order valence-corrected chi connectivity index (χ2v) is 16.3. The van der Waals surface area contributed by atoms with Gasteiger partial charge in [0.25, 0.3) is 0 Å². The highest BCUT2D eigenvalue weighted by Crippen LogP contribution is 2.48. The first-order valence-electron chi connectivity index (χ1n) is 20.5. The smallest absolute Gasteiger partial charge is 0.0640 e. The fraction of sp³-hybridized carbons (Fsp3) is 0. The van der Waals surface area contributed by atoms with Crippen molar-refractivity contribution in [1.82, 2.24) is 0 Å². The molecular weight excluding hydrogens is 743 g/mol. The first-order chi connectivity index (χ1) is 29.7. The zero-order valence-corrected chi connectivity index (χ0v) is 33.7. The van der Waals surface area contributed by atoms with E-state index >= 15 is 0 Å². The van der Waals surface area contributed by atoms with Gasteiger partial charge >= 0.3 is 0 Å². The Kier molecular flexibility index (Phi) is 9.11. The average molecular weight is 782 g/mol. The van der Waals surface area contributed by atoms with Gasteiger partial charge in [-0.3, -0.25) is 0 Å². The van der Waals surface area contributed by atoms with Crippen molar-refractivity contribution in [1.29, 1.82) is 0 Å². The number of hydrogen-bond acceptors (Lipinski definition) is 2. The van der Waals surface area contributed by atoms with Crippen LogP contribution in [0.15, 0.2) is 237 Å². The normalized spacial score (nSPS) is 11.3. The van der Waals surface area contributed by atoms with Crippen LogP contribution < -0.4 is 4.90 Å². The molecule has 1 aromatic heterocycles. The lowest BCUT2D eigenvalue weighted by Crippen LogP contribution is -2.11. The molecule has 11 aromatic rings. The molecule has 10 aromatic carbocycles. The van der Waals surface area contributed by atoms with E-state index in [1.807, 2.05) is 11.3 Å². The summed E-state index contributed by atoms with van der Waals surface area (Å²) < 4.78 is 2.57. The molecule has 0 fully saturated rings. The van der Waals surface area contributed by atoms with E-state index in [1.165, 1.54) is 92.3 Å². The third-order valence-corrected chi connectivity index (χ3v) is 12.9. The predicted octanol–water partition coefficient (Wildman–Crippen LogP) is 17.0. The minimum Gasteiger partial charge on any atom is -0.308 e. The van der Waals surface area contributed by atoms with E-state index in [1.54, 1.807) is 0 Å². The van der Waals surface area contributed by atoms with Crippen molar-refractivity contribution < 1.29 is 0 Å². The van der Waals surface area contributed by atoms with Crippen molar-refractivity contribution in [3.63, 3.8) is 0 Å². The van der Waals surface area contributed by atoms with Crippen LogP contribution in [0.5, 0.6) is 0 Å². The van der Waals surface area contributed by atoms with Crippen LogP contribution in [0.3, 0.4) is 0 Å². The van der Waals surface area contributed by atoms with E-state index in [2.05, 4.69) is 241 Å². The molecule has 0 saturated carbocycles. The molecule has 0 amide bonds. The van der Waals surface area contributed by atoms with E-state index in [4.69, 9.17) is 0 Å². The first kappa shape index (κ1) is 35.6. The van der Waals surface area contributed by atoms with Gasteiger partial charge in [-0.2, -0.15) is 0 Å². The Hall–Kier alpha value is -7.52. The number of nitrogens with zero attached hydrogens (tertiary/aromatic N) is 1. The predicted molar refractivity (Wildman–Crippen MR) is 259 cm³/mol. The fourth-order valence-corrected chi connectivity index (χ4v) is 9.91. The standard InChI is InChI=1S/C58H39NS/c1-2-15-44(16-3-1)50-20-6-7-21-51(50)52-22-8-10-25-55(52)59(56-26-13-24-54-53-23-9-11-27-57(53)60-58(54)56)49-36-34-42(35-37-49)41-28-30-43(31-29-41)46-18-12-19-47(38-46)48-33-32-40-14-4-5-17-45(40)39-48/h1-39H. The molecule has 0 spiro atoms. The van der Waals surface area contributed by atoms with Crippen LogP contribution in [-0.2, 0) is 0 Å². The van der Waals surface area contributed by atoms with E-state index in [0.717, 1.165) is 11.4 Å². The molecule has 0 saturated heterocycles. The highest BCUT2D eigenvalue weighted by Gasteiger charge is 2.22. The molecule has 0 N–H and O–H groups in total. The van der Waals surface area contributed by atoms with Gasteiger partial charge in [-0.25, -0.2) is 0 Å². The molecule has 0 radical (unpaired) electrons. The Bertz CT molecular complexity index is 3310. The lowest BCUT2D eigenvalue weighted by Gasteiger charge is -2.29. The van der Waals surface area contributed by atoms with Gasteiger partial charge < -0.3 is 4.90 Å². The molecule has 2 heteroatoms. The molecule has 0 aliphatic rings. The van der Waals surface area contributed by atoms with Crippen molar-refractivity contribution in [3.05, 3.63) is 237 Å². The molecule has 0 aliphatic carbocycles. The van der Waals surface area contributed by atoms with Crippen LogP contribution in [0.25, 0.3) is 86.6 Å². The SMILES string of the molecule is c1ccc(-c2ccccc2-c2ccccc2N(c2ccc(-c3ccc(-c4cccc(-c5ccc6ccccc6c5)c4)cc3)cc2)c2cccc3c2sc2ccccc23)cc1. The van der Waals surface area contributed by atoms with E-state index in [9.17, 15) is 0 Å². The van der Waals surface area contributed by atoms with Crippen LogP contribution in [0, 0.1) is 0 Å². The number of hydrogen-bond donors (Lipinski definition) is 0. The fourth-order valence-electron chi connectivity index (χ4n) is 8.71. The molecule has 60 heavy (non-hydrogen) atoms. The maximum absolute atomic E-state index is 2.46. The molecule has 11 rings (SSSR count). The summed E-state index contributed by atoms with van der Waals surface area (Å²) in [5, 5.41) is 5.09. The van der Waals surface area contributed by atoms with Gasteiger partial charge in [-0.15, -0.1) is 11.3 Å². The van der Waals surface area contributed by atoms with Crippen LogP contribution >= 0.6 is 11.3 Å². The summed E-state index contributed by atoms with van der Waals surface area (Å²) in [6.45, 7) is 0. The van der Waals surface area contributed by atoms with Gasteiger partial charge in [0.15, 0.2) is 0 Å². The number of para-hydroxylation sites is 1. The largest absolute Gasteiger partial charge is 0.308 e. The molecule has 1 heterocycles. The Labute approximate surface area is 354 Å². The number of benzene rings is 10. The minimum absolute atomic E-state index is 1.11.